The third-order valence-electron chi connectivity index (χ3n) is 6.35. The number of piperidine rings is 1. The third-order valence-corrected chi connectivity index (χ3v) is 6.64. The molecular weight excluding hydrogens is 485 g/mol. The molecule has 12 heteroatoms. The number of aromatic nitrogens is 3. The number of hydrogen-bond donors (Lipinski definition) is 1. The van der Waals surface area contributed by atoms with Crippen LogP contribution >= 0.6 is 11.6 Å². The summed E-state index contributed by atoms with van der Waals surface area (Å²) in [6.07, 6.45) is 0.411. The number of alkyl halides is 3. The lowest BCUT2D eigenvalue weighted by atomic mass is 9.88. The molecule has 188 valence electrons. The number of halogens is 4. The van der Waals surface area contributed by atoms with Crippen LogP contribution < -0.4 is 10.2 Å². The largest absolute Gasteiger partial charge is 0.444 e. The number of amides is 1. The Kier molecular flexibility index (Phi) is 5.73. The minimum atomic E-state index is -4.62. The highest BCUT2D eigenvalue weighted by molar-refractivity contribution is 6.30. The Bertz CT molecular complexity index is 1140. The fourth-order valence-corrected chi connectivity index (χ4v) is 4.85. The predicted molar refractivity (Wildman–Crippen MR) is 124 cm³/mol. The van der Waals surface area contributed by atoms with Gasteiger partial charge in [0.25, 0.3) is 0 Å². The number of hydrogen-bond acceptors (Lipinski definition) is 7. The second-order valence-corrected chi connectivity index (χ2v) is 10.6. The molecule has 2 aromatic rings. The fourth-order valence-electron chi connectivity index (χ4n) is 4.61. The van der Waals surface area contributed by atoms with Gasteiger partial charge in [0.05, 0.1) is 24.0 Å². The van der Waals surface area contributed by atoms with Crippen LogP contribution in [0.15, 0.2) is 18.5 Å². The summed E-state index contributed by atoms with van der Waals surface area (Å²) in [5.41, 5.74) is 0.0396. The van der Waals surface area contributed by atoms with E-state index < -0.39 is 22.5 Å². The lowest BCUT2D eigenvalue weighted by molar-refractivity contribution is -0.137. The molecule has 0 radical (unpaired) electrons. The first kappa shape index (κ1) is 23.9. The number of carbonyl (C=O) groups excluding carboxylic acids is 1. The SMILES string of the molecule is CC(C)(C)OC(=O)N1C2CC1CN(c1cc(C3CC3)c(Nc3ncc(C(F)(F)F)c(Cl)n3)cn1)C2. The molecule has 0 spiro atoms. The maximum absolute atomic E-state index is 13.0. The molecule has 4 aliphatic rings. The molecule has 2 bridgehead atoms. The van der Waals surface area contributed by atoms with E-state index in [1.807, 2.05) is 31.7 Å². The molecule has 4 fully saturated rings. The highest BCUT2D eigenvalue weighted by Gasteiger charge is 2.49. The summed E-state index contributed by atoms with van der Waals surface area (Å²) in [4.78, 5) is 28.7. The Morgan fingerprint density at radius 1 is 1.14 bits per heavy atom. The van der Waals surface area contributed by atoms with Crippen molar-refractivity contribution in [2.45, 2.75) is 69.8 Å². The van der Waals surface area contributed by atoms with Crippen LogP contribution in [0, 0.1) is 0 Å². The van der Waals surface area contributed by atoms with E-state index in [9.17, 15) is 18.0 Å². The summed E-state index contributed by atoms with van der Waals surface area (Å²) < 4.78 is 44.4. The van der Waals surface area contributed by atoms with Gasteiger partial charge in [0.15, 0.2) is 0 Å². The van der Waals surface area contributed by atoms with Crippen LogP contribution in [-0.4, -0.2) is 56.7 Å². The number of anilines is 3. The minimum Gasteiger partial charge on any atom is -0.444 e. The van der Waals surface area contributed by atoms with Crippen molar-refractivity contribution in [3.8, 4) is 0 Å². The predicted octanol–water partition coefficient (Wildman–Crippen LogP) is 5.36. The molecule has 3 saturated heterocycles. The number of rotatable bonds is 4. The number of ether oxygens (including phenoxy) is 1. The normalized spacial score (nSPS) is 22.0. The summed E-state index contributed by atoms with van der Waals surface area (Å²) in [6, 6.07) is 2.17. The number of nitrogens with zero attached hydrogens (tertiary/aromatic N) is 5. The van der Waals surface area contributed by atoms with Gasteiger partial charge in [-0.15, -0.1) is 0 Å². The van der Waals surface area contributed by atoms with Crippen molar-refractivity contribution in [3.63, 3.8) is 0 Å². The Balaban J connectivity index is 1.31. The molecule has 1 amide bonds. The smallest absolute Gasteiger partial charge is 0.420 e. The van der Waals surface area contributed by atoms with Gasteiger partial charge in [0, 0.05) is 19.3 Å². The van der Waals surface area contributed by atoms with Crippen molar-refractivity contribution in [2.24, 2.45) is 0 Å². The zero-order valence-electron chi connectivity index (χ0n) is 19.6. The van der Waals surface area contributed by atoms with E-state index in [0.29, 0.717) is 30.9 Å². The Morgan fingerprint density at radius 2 is 1.83 bits per heavy atom. The second kappa shape index (κ2) is 8.39. The zero-order chi connectivity index (χ0) is 25.1. The second-order valence-electron chi connectivity index (χ2n) is 10.3. The summed E-state index contributed by atoms with van der Waals surface area (Å²) in [5, 5.41) is 2.32. The van der Waals surface area contributed by atoms with Gasteiger partial charge in [-0.1, -0.05) is 11.6 Å². The van der Waals surface area contributed by atoms with Crippen LogP contribution in [0.1, 0.15) is 57.1 Å². The zero-order valence-corrected chi connectivity index (χ0v) is 20.3. The molecule has 5 heterocycles. The fraction of sp³-hybridized carbons (Fsp3) is 0.565. The van der Waals surface area contributed by atoms with Crippen LogP contribution in [0.2, 0.25) is 5.15 Å². The van der Waals surface area contributed by atoms with E-state index in [2.05, 4.69) is 25.2 Å². The molecule has 1 N–H and O–H groups in total. The number of piperazine rings is 1. The maximum atomic E-state index is 13.0. The molecule has 1 aliphatic carbocycles. The van der Waals surface area contributed by atoms with E-state index >= 15 is 0 Å². The van der Waals surface area contributed by atoms with Crippen molar-refractivity contribution in [1.82, 2.24) is 19.9 Å². The Hall–Kier alpha value is -2.82. The first-order chi connectivity index (χ1) is 16.4. The molecule has 35 heavy (non-hydrogen) atoms. The molecule has 6 rings (SSSR count). The summed E-state index contributed by atoms with van der Waals surface area (Å²) in [6.45, 7) is 6.90. The molecular formula is C23H26ClF3N6O2. The van der Waals surface area contributed by atoms with E-state index in [4.69, 9.17) is 16.3 Å². The van der Waals surface area contributed by atoms with Gasteiger partial charge in [-0.05, 0) is 57.6 Å². The molecule has 0 aromatic carbocycles. The summed E-state index contributed by atoms with van der Waals surface area (Å²) in [5.74, 6) is 1.12. The van der Waals surface area contributed by atoms with E-state index in [1.165, 1.54) is 0 Å². The topological polar surface area (TPSA) is 83.5 Å². The summed E-state index contributed by atoms with van der Waals surface area (Å²) >= 11 is 5.74. The molecule has 1 saturated carbocycles. The number of carbonyl (C=O) groups is 1. The average Bonchev–Trinajstić information content (AvgIpc) is 3.57. The summed E-state index contributed by atoms with van der Waals surface area (Å²) in [7, 11) is 0. The van der Waals surface area contributed by atoms with Crippen LogP contribution in [0.25, 0.3) is 0 Å². The van der Waals surface area contributed by atoms with Crippen molar-refractivity contribution >= 4 is 35.1 Å². The molecule has 3 aliphatic heterocycles. The highest BCUT2D eigenvalue weighted by Crippen LogP contribution is 2.45. The van der Waals surface area contributed by atoms with Crippen molar-refractivity contribution in [1.29, 1.82) is 0 Å². The van der Waals surface area contributed by atoms with Crippen LogP contribution in [0.3, 0.4) is 0 Å². The lowest BCUT2D eigenvalue weighted by Gasteiger charge is -2.56. The lowest BCUT2D eigenvalue weighted by Crippen LogP contribution is -2.70. The quantitative estimate of drug-likeness (QED) is 0.554. The van der Waals surface area contributed by atoms with Crippen molar-refractivity contribution in [3.05, 3.63) is 34.7 Å². The van der Waals surface area contributed by atoms with Gasteiger partial charge in [-0.25, -0.2) is 19.7 Å². The third kappa shape index (κ3) is 4.96. The number of pyridine rings is 1. The monoisotopic (exact) mass is 510 g/mol. The molecule has 2 unspecified atom stereocenters. The van der Waals surface area contributed by atoms with Gasteiger partial charge in [-0.3, -0.25) is 4.90 Å². The van der Waals surface area contributed by atoms with Gasteiger partial charge >= 0.3 is 12.3 Å². The first-order valence-corrected chi connectivity index (χ1v) is 11.9. The first-order valence-electron chi connectivity index (χ1n) is 11.5. The van der Waals surface area contributed by atoms with E-state index in [-0.39, 0.29) is 24.1 Å². The van der Waals surface area contributed by atoms with Crippen molar-refractivity contribution < 1.29 is 22.7 Å². The molecule has 8 nitrogen and oxygen atoms in total. The van der Waals surface area contributed by atoms with Gasteiger partial charge in [0.1, 0.15) is 22.1 Å². The highest BCUT2D eigenvalue weighted by atomic mass is 35.5. The van der Waals surface area contributed by atoms with E-state index in [0.717, 1.165) is 30.6 Å². The minimum absolute atomic E-state index is 0.0216. The maximum Gasteiger partial charge on any atom is 0.420 e. The van der Waals surface area contributed by atoms with Gasteiger partial charge in [0.2, 0.25) is 5.95 Å². The van der Waals surface area contributed by atoms with Crippen molar-refractivity contribution in [2.75, 3.05) is 23.3 Å². The Morgan fingerprint density at radius 3 is 2.40 bits per heavy atom. The van der Waals surface area contributed by atoms with Gasteiger partial charge in [-0.2, -0.15) is 13.2 Å². The van der Waals surface area contributed by atoms with E-state index in [1.54, 1.807) is 6.20 Å². The number of nitrogens with one attached hydrogen (secondary N) is 1. The Labute approximate surface area is 205 Å². The van der Waals surface area contributed by atoms with Crippen LogP contribution in [-0.2, 0) is 10.9 Å². The molecule has 2 aromatic heterocycles. The van der Waals surface area contributed by atoms with Crippen LogP contribution in [0.4, 0.5) is 35.4 Å². The van der Waals surface area contributed by atoms with Gasteiger partial charge < -0.3 is 15.0 Å². The number of fused-ring (bicyclic) bond motifs is 2. The average molecular weight is 511 g/mol. The van der Waals surface area contributed by atoms with Crippen LogP contribution in [0.5, 0.6) is 0 Å². The molecule has 2 atom stereocenters. The standard InChI is InChI=1S/C23H26ClF3N6O2/c1-22(2,3)35-21(34)33-13-6-14(33)11-32(10-13)18-7-15(12-4-5-12)17(9-28-18)30-20-29-8-16(19(24)31-20)23(25,26)27/h7-9,12-14H,4-6,10-11H2,1-3H3,(H,29,30,31).